The summed E-state index contributed by atoms with van der Waals surface area (Å²) in [5.41, 5.74) is 11.1. The van der Waals surface area contributed by atoms with Crippen LogP contribution in [0.3, 0.4) is 0 Å². The summed E-state index contributed by atoms with van der Waals surface area (Å²) in [5.74, 6) is -3.73. The number of fused-ring (bicyclic) bond motifs is 1. The first-order chi connectivity index (χ1) is 26.6. The smallest absolute Gasteiger partial charge is 0.404 e. The fourth-order valence-corrected chi connectivity index (χ4v) is 8.68. The van der Waals surface area contributed by atoms with Gasteiger partial charge in [-0.2, -0.15) is 0 Å². The third kappa shape index (κ3) is 7.60. The minimum absolute atomic E-state index is 0.0434. The molecular weight excluding hydrogens is 776 g/mol. The van der Waals surface area contributed by atoms with Crippen molar-refractivity contribution in [2.75, 3.05) is 62.8 Å². The van der Waals surface area contributed by atoms with Crippen LogP contribution in [0.2, 0.25) is 0 Å². The van der Waals surface area contributed by atoms with Gasteiger partial charge in [0.25, 0.3) is 11.8 Å². The number of carbonyl (C=O) groups excluding carboxylic acids is 3. The van der Waals surface area contributed by atoms with Crippen molar-refractivity contribution in [2.24, 2.45) is 5.73 Å². The number of likely N-dealkylation sites (N-methyl/N-ethyl adjacent to an activating group) is 1. The van der Waals surface area contributed by atoms with Crippen LogP contribution in [-0.4, -0.2) is 123 Å². The van der Waals surface area contributed by atoms with Crippen LogP contribution in [0.25, 0.3) is 16.5 Å². The van der Waals surface area contributed by atoms with E-state index in [0.29, 0.717) is 52.9 Å². The first kappa shape index (κ1) is 40.0. The van der Waals surface area contributed by atoms with Gasteiger partial charge in [-0.05, 0) is 26.5 Å². The molecule has 3 aromatic rings. The molecular formula is C35H39FN8O10S2. The molecule has 56 heavy (non-hydrogen) atoms. The summed E-state index contributed by atoms with van der Waals surface area (Å²) in [6.45, 7) is 6.61. The highest BCUT2D eigenvalue weighted by molar-refractivity contribution is 8.00. The number of nitrogen functional groups attached to an aromatic ring is 1. The van der Waals surface area contributed by atoms with Crippen molar-refractivity contribution in [3.8, 4) is 5.75 Å². The quantitative estimate of drug-likeness (QED) is 0.153. The number of aromatic nitrogens is 2. The summed E-state index contributed by atoms with van der Waals surface area (Å²) < 4.78 is 27.2. The fourth-order valence-electron chi connectivity index (χ4n) is 6.79. The van der Waals surface area contributed by atoms with Gasteiger partial charge in [-0.3, -0.25) is 19.3 Å². The lowest BCUT2D eigenvalue weighted by molar-refractivity contribution is -0.150. The number of carboxylic acids is 2. The molecule has 0 saturated carbocycles. The zero-order valence-corrected chi connectivity index (χ0v) is 32.1. The Morgan fingerprint density at radius 1 is 1.16 bits per heavy atom. The lowest BCUT2D eigenvalue weighted by Crippen LogP contribution is -2.70. The molecule has 6 heterocycles. The van der Waals surface area contributed by atoms with Gasteiger partial charge >= 0.3 is 18.0 Å². The molecule has 2 saturated heterocycles. The molecule has 18 nitrogen and oxygen atoms in total. The number of nitrogens with one attached hydrogen (secondary N) is 1. The van der Waals surface area contributed by atoms with Crippen LogP contribution in [0, 0.1) is 5.82 Å². The maximum Gasteiger partial charge on any atom is 0.404 e. The monoisotopic (exact) mass is 814 g/mol. The number of thiazole rings is 1. The number of rotatable bonds is 9. The minimum Gasteiger partial charge on any atom is -0.487 e. The van der Waals surface area contributed by atoms with Gasteiger partial charge in [0.05, 0.1) is 28.2 Å². The van der Waals surface area contributed by atoms with E-state index in [1.54, 1.807) is 16.0 Å². The Bertz CT molecular complexity index is 2250. The molecule has 0 bridgehead atoms. The highest BCUT2D eigenvalue weighted by Crippen LogP contribution is 2.43. The third-order valence-electron chi connectivity index (χ3n) is 9.57. The van der Waals surface area contributed by atoms with Crippen molar-refractivity contribution in [1.82, 2.24) is 24.7 Å². The highest BCUT2D eigenvalue weighted by Gasteiger charge is 2.54. The summed E-state index contributed by atoms with van der Waals surface area (Å²) >= 11 is 2.45. The zero-order valence-electron chi connectivity index (χ0n) is 30.4. The van der Waals surface area contributed by atoms with Crippen LogP contribution >= 0.6 is 23.1 Å². The number of anilines is 2. The summed E-state index contributed by atoms with van der Waals surface area (Å²) in [5, 5.41) is 22.9. The number of hydrogen-bond acceptors (Lipinski definition) is 14. The Kier molecular flexibility index (Phi) is 11.6. The molecule has 0 radical (unpaired) electrons. The lowest BCUT2D eigenvalue weighted by Gasteiger charge is -2.49. The van der Waals surface area contributed by atoms with Crippen LogP contribution < -0.4 is 31.8 Å². The van der Waals surface area contributed by atoms with Gasteiger partial charge in [0, 0.05) is 49.1 Å². The van der Waals surface area contributed by atoms with Gasteiger partial charge in [0.1, 0.15) is 41.6 Å². The normalized spacial score (nSPS) is 20.7. The number of allylic oxidation sites excluding steroid dienone is 1. The van der Waals surface area contributed by atoms with Crippen molar-refractivity contribution in [2.45, 2.75) is 37.7 Å². The number of aromatic carboxylic acids is 1. The molecule has 1 aromatic carbocycles. The molecule has 0 spiro atoms. The summed E-state index contributed by atoms with van der Waals surface area (Å²) in [4.78, 5) is 81.3. The van der Waals surface area contributed by atoms with E-state index in [1.807, 2.05) is 25.8 Å². The number of hydrogen-bond donors (Lipinski definition) is 5. The standard InChI is InChI=1S/C18H20FN3O4.C17H19N5O6S2/c1-10-9-26-17-14-11(16(23)12(18(24)25)8-22(10)14)7-13(19)15(17)21-5-3-20(2)4-6-21;1-2-3-8(9-6-30-16(18)20-9)12(23)21-10-13(24)22-11(15(25)26)7(4-28-17(19)27)5-29-14(10)22/h7-8,10H,3-6,9H2,1-2H3,(H,24,25);3,6,10,14H,2,4-5H2,1H3,(H2,18,20)(H2,19,27)(H,21,23)(H,25,26)/b;8-3-/t;10-,14-/m.1/s1. The van der Waals surface area contributed by atoms with E-state index in [-0.39, 0.29) is 47.2 Å². The number of nitrogens with two attached hydrogens (primary N) is 2. The van der Waals surface area contributed by atoms with E-state index in [2.05, 4.69) is 19.9 Å². The Labute approximate surface area is 326 Å². The van der Waals surface area contributed by atoms with Gasteiger partial charge in [0.15, 0.2) is 16.7 Å². The van der Waals surface area contributed by atoms with Crippen molar-refractivity contribution >= 4 is 80.2 Å². The van der Waals surface area contributed by atoms with Crippen molar-refractivity contribution < 1.29 is 48.0 Å². The van der Waals surface area contributed by atoms with Crippen LogP contribution in [-0.2, 0) is 19.1 Å². The molecule has 21 heteroatoms. The van der Waals surface area contributed by atoms with Crippen LogP contribution in [0.1, 0.15) is 42.4 Å². The maximum atomic E-state index is 15.0. The van der Waals surface area contributed by atoms with E-state index in [4.69, 9.17) is 16.2 Å². The minimum atomic E-state index is -1.33. The van der Waals surface area contributed by atoms with Gasteiger partial charge in [-0.15, -0.1) is 23.1 Å². The van der Waals surface area contributed by atoms with Crippen LogP contribution in [0.15, 0.2) is 39.8 Å². The average molecular weight is 815 g/mol. The Morgan fingerprint density at radius 3 is 2.48 bits per heavy atom. The molecule has 1 unspecified atom stereocenters. The predicted molar refractivity (Wildman–Crippen MR) is 205 cm³/mol. The van der Waals surface area contributed by atoms with Gasteiger partial charge < -0.3 is 50.8 Å². The van der Waals surface area contributed by atoms with Gasteiger partial charge in [-0.25, -0.2) is 23.8 Å². The predicted octanol–water partition coefficient (Wildman–Crippen LogP) is 1.90. The number of ether oxygens (including phenoxy) is 2. The third-order valence-corrected chi connectivity index (χ3v) is 11.6. The summed E-state index contributed by atoms with van der Waals surface area (Å²) in [6, 6.07) is 0.0975. The first-order valence-electron chi connectivity index (χ1n) is 17.4. The SMILES string of the molecule is CC/C=C(\C(=O)N[C@@H]1C(=O)N2C(C(=O)O)=C(COC(N)=O)CS[C@H]12)c1csc(N)n1.CC1COc2c(N3CCN(C)CC3)c(F)cc3c(=O)c(C(=O)O)cn1c23. The second-order valence-corrected chi connectivity index (χ2v) is 15.3. The molecule has 7 N–H and O–H groups in total. The van der Waals surface area contributed by atoms with Crippen molar-refractivity contribution in [3.63, 3.8) is 0 Å². The molecule has 3 atom stereocenters. The van der Waals surface area contributed by atoms with Crippen LogP contribution in [0.4, 0.5) is 20.0 Å². The second-order valence-electron chi connectivity index (χ2n) is 13.3. The molecule has 4 aliphatic heterocycles. The summed E-state index contributed by atoms with van der Waals surface area (Å²) in [6.07, 6.45) is 2.55. The Balaban J connectivity index is 0.000000191. The number of thioether (sulfide) groups is 1. The van der Waals surface area contributed by atoms with Crippen molar-refractivity contribution in [3.05, 3.63) is 62.3 Å². The number of β-lactam (4-membered cyclic amide) rings is 1. The van der Waals surface area contributed by atoms with Gasteiger partial charge in [0.2, 0.25) is 5.43 Å². The molecule has 3 amide bonds. The van der Waals surface area contributed by atoms with Gasteiger partial charge in [-0.1, -0.05) is 13.0 Å². The van der Waals surface area contributed by atoms with E-state index < -0.39 is 52.5 Å². The molecule has 298 valence electrons. The largest absolute Gasteiger partial charge is 0.487 e. The molecule has 7 rings (SSSR count). The zero-order chi connectivity index (χ0) is 40.6. The number of carboxylic acid groups (broad SMARTS) is 2. The maximum absolute atomic E-state index is 15.0. The number of amides is 3. The van der Waals surface area contributed by atoms with E-state index in [9.17, 15) is 43.4 Å². The Hall–Kier alpha value is -5.67. The van der Waals surface area contributed by atoms with E-state index in [1.165, 1.54) is 29.3 Å². The number of aliphatic carboxylic acids is 1. The fraction of sp³-hybridized carbons (Fsp3) is 0.400. The lowest BCUT2D eigenvalue weighted by atomic mass is 10.0. The van der Waals surface area contributed by atoms with Crippen molar-refractivity contribution in [1.29, 1.82) is 0 Å². The number of halogens is 1. The number of primary amides is 1. The molecule has 2 aromatic heterocycles. The molecule has 4 aliphatic rings. The number of nitrogens with zero attached hydrogens (tertiary/aromatic N) is 5. The topological polar surface area (TPSA) is 253 Å². The number of piperazine rings is 1. The number of pyridine rings is 1. The molecule has 2 fully saturated rings. The molecule has 0 aliphatic carbocycles. The highest BCUT2D eigenvalue weighted by atomic mass is 32.2. The Morgan fingerprint density at radius 2 is 1.88 bits per heavy atom. The number of benzene rings is 1. The number of carbonyl (C=O) groups is 5. The average Bonchev–Trinajstić information content (AvgIpc) is 3.59. The van der Waals surface area contributed by atoms with E-state index in [0.717, 1.165) is 24.1 Å². The summed E-state index contributed by atoms with van der Waals surface area (Å²) in [7, 11) is 2.02. The first-order valence-corrected chi connectivity index (χ1v) is 19.3. The second kappa shape index (κ2) is 16.2. The van der Waals surface area contributed by atoms with E-state index >= 15 is 0 Å². The van der Waals surface area contributed by atoms with Crippen LogP contribution in [0.5, 0.6) is 5.75 Å².